The third-order valence-corrected chi connectivity index (χ3v) is 7.82. The van der Waals surface area contributed by atoms with E-state index in [0.717, 1.165) is 25.7 Å². The number of carbonyl (C=O) groups excluding carboxylic acids is 1. The van der Waals surface area contributed by atoms with Crippen molar-refractivity contribution in [2.24, 2.45) is 11.1 Å². The van der Waals surface area contributed by atoms with Gasteiger partial charge in [0.05, 0.1) is 4.90 Å². The van der Waals surface area contributed by atoms with E-state index in [1.165, 1.54) is 0 Å². The summed E-state index contributed by atoms with van der Waals surface area (Å²) in [4.78, 5) is 14.8. The molecule has 2 saturated heterocycles. The predicted molar refractivity (Wildman–Crippen MR) is 109 cm³/mol. The lowest BCUT2D eigenvalue weighted by Gasteiger charge is -2.32. The van der Waals surface area contributed by atoms with Gasteiger partial charge < -0.3 is 10.6 Å². The van der Waals surface area contributed by atoms with Gasteiger partial charge in [-0.05, 0) is 62.4 Å². The lowest BCUT2D eigenvalue weighted by molar-refractivity contribution is 0.0777. The van der Waals surface area contributed by atoms with Crippen molar-refractivity contribution in [3.63, 3.8) is 0 Å². The lowest BCUT2D eigenvalue weighted by atomic mass is 9.90. The van der Waals surface area contributed by atoms with Crippen LogP contribution in [-0.4, -0.2) is 55.8 Å². The van der Waals surface area contributed by atoms with Crippen molar-refractivity contribution in [1.29, 1.82) is 0 Å². The summed E-state index contributed by atoms with van der Waals surface area (Å²) in [5, 5.41) is 0. The fourth-order valence-electron chi connectivity index (χ4n) is 3.88. The number of piperidine rings is 1. The zero-order chi connectivity index (χ0) is 18.9. The number of nitrogens with zero attached hydrogens (tertiary/aromatic N) is 2. The number of halogens is 1. The lowest BCUT2D eigenvalue weighted by Crippen LogP contribution is -2.41. The molecule has 27 heavy (non-hydrogen) atoms. The molecule has 0 bridgehead atoms. The van der Waals surface area contributed by atoms with Gasteiger partial charge in [-0.3, -0.25) is 4.79 Å². The molecule has 8 heteroatoms. The summed E-state index contributed by atoms with van der Waals surface area (Å²) >= 11 is 0. The Morgan fingerprint density at radius 2 is 1.89 bits per heavy atom. The molecular formula is C19H30ClN3O3S. The highest BCUT2D eigenvalue weighted by Gasteiger charge is 2.35. The highest BCUT2D eigenvalue weighted by Crippen LogP contribution is 2.30. The van der Waals surface area contributed by atoms with Crippen LogP contribution in [0, 0.1) is 5.41 Å². The molecule has 1 aromatic rings. The summed E-state index contributed by atoms with van der Waals surface area (Å²) < 4.78 is 27.3. The summed E-state index contributed by atoms with van der Waals surface area (Å²) in [6.07, 6.45) is 3.76. The molecule has 2 aliphatic rings. The maximum absolute atomic E-state index is 12.9. The molecule has 152 valence electrons. The van der Waals surface area contributed by atoms with E-state index in [2.05, 4.69) is 6.92 Å². The van der Waals surface area contributed by atoms with Crippen molar-refractivity contribution < 1.29 is 13.2 Å². The van der Waals surface area contributed by atoms with Crippen LogP contribution >= 0.6 is 12.4 Å². The molecule has 2 fully saturated rings. The third kappa shape index (κ3) is 4.47. The zero-order valence-electron chi connectivity index (χ0n) is 16.1. The first-order chi connectivity index (χ1) is 12.3. The minimum absolute atomic E-state index is 0. The molecule has 0 aromatic heterocycles. The van der Waals surface area contributed by atoms with Gasteiger partial charge in [0.1, 0.15) is 0 Å². The minimum Gasteiger partial charge on any atom is -0.338 e. The van der Waals surface area contributed by atoms with Gasteiger partial charge in [0, 0.05) is 31.2 Å². The Kier molecular flexibility index (Phi) is 6.95. The number of sulfonamides is 1. The van der Waals surface area contributed by atoms with Gasteiger partial charge in [-0.25, -0.2) is 8.42 Å². The number of rotatable bonds is 4. The van der Waals surface area contributed by atoms with Crippen molar-refractivity contribution in [2.75, 3.05) is 26.2 Å². The van der Waals surface area contributed by atoms with Crippen LogP contribution < -0.4 is 5.73 Å². The first-order valence-electron chi connectivity index (χ1n) is 9.38. The molecule has 0 saturated carbocycles. The second-order valence-corrected chi connectivity index (χ2v) is 9.87. The van der Waals surface area contributed by atoms with Crippen molar-refractivity contribution >= 4 is 28.3 Å². The summed E-state index contributed by atoms with van der Waals surface area (Å²) in [6.45, 7) is 6.51. The topological polar surface area (TPSA) is 83.7 Å². The predicted octanol–water partition coefficient (Wildman–Crippen LogP) is 2.48. The maximum Gasteiger partial charge on any atom is 0.253 e. The fraction of sp³-hybridized carbons (Fsp3) is 0.632. The van der Waals surface area contributed by atoms with Gasteiger partial charge in [0.2, 0.25) is 10.0 Å². The first-order valence-corrected chi connectivity index (χ1v) is 10.8. The highest BCUT2D eigenvalue weighted by atomic mass is 35.5. The van der Waals surface area contributed by atoms with Crippen molar-refractivity contribution in [3.8, 4) is 0 Å². The van der Waals surface area contributed by atoms with Crippen LogP contribution in [0.15, 0.2) is 29.2 Å². The number of likely N-dealkylation sites (tertiary alicyclic amines) is 1. The fourth-order valence-corrected chi connectivity index (χ4v) is 5.58. The largest absolute Gasteiger partial charge is 0.338 e. The summed E-state index contributed by atoms with van der Waals surface area (Å²) in [7, 11) is -3.50. The van der Waals surface area contributed by atoms with E-state index < -0.39 is 10.0 Å². The van der Waals surface area contributed by atoms with Gasteiger partial charge in [0.15, 0.2) is 0 Å². The standard InChI is InChI=1S/C19H29N3O3S.ClH/c1-15-5-3-4-11-22(15)26(24,25)17-8-6-16(7-9-17)18(23)21-12-10-19(2,13-20)14-21;/h6-9,15H,3-5,10-14,20H2,1-2H3;1H. The van der Waals surface area contributed by atoms with Crippen molar-refractivity contribution in [2.45, 2.75) is 50.5 Å². The molecule has 3 rings (SSSR count). The van der Waals surface area contributed by atoms with Crippen LogP contribution in [0.3, 0.4) is 0 Å². The van der Waals surface area contributed by atoms with Crippen molar-refractivity contribution in [1.82, 2.24) is 9.21 Å². The number of hydrogen-bond donors (Lipinski definition) is 1. The van der Waals surface area contributed by atoms with Crippen LogP contribution in [0.2, 0.25) is 0 Å². The van der Waals surface area contributed by atoms with Gasteiger partial charge in [-0.2, -0.15) is 4.31 Å². The molecule has 6 nitrogen and oxygen atoms in total. The van der Waals surface area contributed by atoms with Crippen molar-refractivity contribution in [3.05, 3.63) is 29.8 Å². The van der Waals surface area contributed by atoms with Gasteiger partial charge in [-0.1, -0.05) is 13.3 Å². The number of benzene rings is 1. The van der Waals surface area contributed by atoms with Gasteiger partial charge >= 0.3 is 0 Å². The summed E-state index contributed by atoms with van der Waals surface area (Å²) in [6, 6.07) is 6.39. The van der Waals surface area contributed by atoms with Crippen LogP contribution in [-0.2, 0) is 10.0 Å². The second kappa shape index (κ2) is 8.47. The molecule has 2 unspecified atom stereocenters. The molecule has 2 atom stereocenters. The van der Waals surface area contributed by atoms with E-state index in [-0.39, 0.29) is 34.7 Å². The molecule has 0 aliphatic carbocycles. The Morgan fingerprint density at radius 1 is 1.22 bits per heavy atom. The Hall–Kier alpha value is -1.15. The average molecular weight is 416 g/mol. The van der Waals surface area contributed by atoms with E-state index >= 15 is 0 Å². The minimum atomic E-state index is -3.50. The third-order valence-electron chi connectivity index (χ3n) is 5.79. The Labute approximate surface area is 168 Å². The number of hydrogen-bond acceptors (Lipinski definition) is 4. The normalized spacial score (nSPS) is 26.6. The van der Waals surface area contributed by atoms with E-state index in [0.29, 0.717) is 31.7 Å². The summed E-state index contributed by atoms with van der Waals surface area (Å²) in [5.41, 5.74) is 6.31. The van der Waals surface area contributed by atoms with E-state index in [9.17, 15) is 13.2 Å². The monoisotopic (exact) mass is 415 g/mol. The quantitative estimate of drug-likeness (QED) is 0.818. The SMILES string of the molecule is CC1CCCCN1S(=O)(=O)c1ccc(C(=O)N2CCC(C)(CN)C2)cc1.Cl. The van der Waals surface area contributed by atoms with Gasteiger partial charge in [-0.15, -0.1) is 12.4 Å². The van der Waals surface area contributed by atoms with Crippen LogP contribution in [0.1, 0.15) is 49.9 Å². The van der Waals surface area contributed by atoms with E-state index in [1.54, 1.807) is 28.6 Å². The highest BCUT2D eigenvalue weighted by molar-refractivity contribution is 7.89. The smallest absolute Gasteiger partial charge is 0.253 e. The van der Waals surface area contributed by atoms with E-state index in [1.807, 2.05) is 11.8 Å². The molecule has 1 amide bonds. The molecule has 2 N–H and O–H groups in total. The second-order valence-electron chi connectivity index (χ2n) is 7.98. The first kappa shape index (κ1) is 22.1. The molecule has 0 spiro atoms. The van der Waals surface area contributed by atoms with Crippen LogP contribution in [0.4, 0.5) is 0 Å². The van der Waals surface area contributed by atoms with Gasteiger partial charge in [0.25, 0.3) is 5.91 Å². The number of carbonyl (C=O) groups is 1. The Balaban J connectivity index is 0.00000261. The Morgan fingerprint density at radius 3 is 2.44 bits per heavy atom. The number of nitrogens with two attached hydrogens (primary N) is 1. The number of amides is 1. The molecule has 0 radical (unpaired) electrons. The molecule has 1 aromatic carbocycles. The zero-order valence-corrected chi connectivity index (χ0v) is 17.7. The molecule has 2 aliphatic heterocycles. The maximum atomic E-state index is 12.9. The molecule has 2 heterocycles. The molecular weight excluding hydrogens is 386 g/mol. The van der Waals surface area contributed by atoms with Crippen LogP contribution in [0.25, 0.3) is 0 Å². The van der Waals surface area contributed by atoms with Crippen LogP contribution in [0.5, 0.6) is 0 Å². The summed E-state index contributed by atoms with van der Waals surface area (Å²) in [5.74, 6) is -0.0579. The van der Waals surface area contributed by atoms with E-state index in [4.69, 9.17) is 5.73 Å². The Bertz CT molecular complexity index is 769. The average Bonchev–Trinajstić information content (AvgIpc) is 3.04.